The first-order valence-corrected chi connectivity index (χ1v) is 5.08. The number of carbonyl (C=O) groups excluding carboxylic acids is 1. The molecular formula is C11H10N2O2S. The lowest BCUT2D eigenvalue weighted by atomic mass is 10.2. The van der Waals surface area contributed by atoms with Crippen molar-refractivity contribution in [1.29, 1.82) is 0 Å². The lowest BCUT2D eigenvalue weighted by Crippen LogP contribution is -2.30. The number of rotatable bonds is 1. The van der Waals surface area contributed by atoms with E-state index in [1.807, 2.05) is 24.3 Å². The van der Waals surface area contributed by atoms with Gasteiger partial charge in [0.2, 0.25) is 0 Å². The fourth-order valence-corrected chi connectivity index (χ4v) is 1.50. The number of nitrogens with one attached hydrogen (secondary N) is 2. The van der Waals surface area contributed by atoms with Crippen molar-refractivity contribution < 1.29 is 9.53 Å². The smallest absolute Gasteiger partial charge is 0.275 e. The van der Waals surface area contributed by atoms with Crippen molar-refractivity contribution in [3.63, 3.8) is 0 Å². The molecule has 16 heavy (non-hydrogen) atoms. The number of carbonyl (C=O) groups is 1. The van der Waals surface area contributed by atoms with Crippen LogP contribution in [0, 0.1) is 0 Å². The number of ether oxygens (including phenoxy) is 1. The fourth-order valence-electron chi connectivity index (χ4n) is 1.41. The largest absolute Gasteiger partial charge is 0.474 e. The quantitative estimate of drug-likeness (QED) is 0.740. The number of amides is 1. The third kappa shape index (κ3) is 2.04. The van der Waals surface area contributed by atoms with Gasteiger partial charge in [0.1, 0.15) is 5.69 Å². The van der Waals surface area contributed by atoms with E-state index < -0.39 is 0 Å². The maximum atomic E-state index is 11.7. The predicted molar refractivity (Wildman–Crippen MR) is 65.4 cm³/mol. The average Bonchev–Trinajstić information content (AvgIpc) is 2.72. The summed E-state index contributed by atoms with van der Waals surface area (Å²) in [5.74, 6) is -0.303. The van der Waals surface area contributed by atoms with Crippen LogP contribution in [0.3, 0.4) is 0 Å². The molecule has 0 unspecified atom stereocenters. The molecule has 0 aliphatic carbocycles. The van der Waals surface area contributed by atoms with E-state index in [9.17, 15) is 4.79 Å². The van der Waals surface area contributed by atoms with Gasteiger partial charge in [0.25, 0.3) is 11.1 Å². The Morgan fingerprint density at radius 1 is 1.44 bits per heavy atom. The lowest BCUT2D eigenvalue weighted by Gasteiger charge is -2.02. The number of methoxy groups -OCH3 is 1. The molecule has 0 radical (unpaired) electrons. The van der Waals surface area contributed by atoms with Gasteiger partial charge >= 0.3 is 0 Å². The molecule has 4 nitrogen and oxygen atoms in total. The van der Waals surface area contributed by atoms with E-state index in [0.29, 0.717) is 5.69 Å². The van der Waals surface area contributed by atoms with Crippen LogP contribution in [-0.2, 0) is 4.74 Å². The van der Waals surface area contributed by atoms with Crippen LogP contribution in [0.2, 0.25) is 0 Å². The number of hydrogen-bond donors (Lipinski definition) is 2. The van der Waals surface area contributed by atoms with Gasteiger partial charge in [0.05, 0.1) is 7.11 Å². The van der Waals surface area contributed by atoms with E-state index in [1.165, 1.54) is 7.11 Å². The van der Waals surface area contributed by atoms with Crippen molar-refractivity contribution in [2.75, 3.05) is 7.11 Å². The number of H-pyrrole nitrogens is 1. The van der Waals surface area contributed by atoms with Crippen LogP contribution in [0.1, 0.15) is 10.5 Å². The summed E-state index contributed by atoms with van der Waals surface area (Å²) in [5, 5.41) is 3.49. The molecule has 0 saturated carbocycles. The van der Waals surface area contributed by atoms with Crippen LogP contribution in [0.5, 0.6) is 0 Å². The second-order valence-corrected chi connectivity index (χ2v) is 3.59. The van der Waals surface area contributed by atoms with Crippen molar-refractivity contribution in [2.45, 2.75) is 0 Å². The number of fused-ring (bicyclic) bond motifs is 1. The zero-order valence-corrected chi connectivity index (χ0v) is 9.43. The van der Waals surface area contributed by atoms with Gasteiger partial charge < -0.3 is 9.72 Å². The summed E-state index contributed by atoms with van der Waals surface area (Å²) in [5.41, 5.74) is 1.37. The molecule has 1 heterocycles. The van der Waals surface area contributed by atoms with Gasteiger partial charge in [-0.25, -0.2) is 0 Å². The fraction of sp³-hybridized carbons (Fsp3) is 0.0909. The van der Waals surface area contributed by atoms with E-state index in [-0.39, 0.29) is 11.1 Å². The van der Waals surface area contributed by atoms with E-state index in [2.05, 4.69) is 10.3 Å². The van der Waals surface area contributed by atoms with Gasteiger partial charge in [0.15, 0.2) is 0 Å². The molecule has 2 rings (SSSR count). The minimum absolute atomic E-state index is 0.0589. The van der Waals surface area contributed by atoms with Crippen molar-refractivity contribution in [1.82, 2.24) is 10.3 Å². The Labute approximate surface area is 97.6 Å². The monoisotopic (exact) mass is 234 g/mol. The van der Waals surface area contributed by atoms with E-state index in [4.69, 9.17) is 17.0 Å². The Morgan fingerprint density at radius 3 is 2.88 bits per heavy atom. The first-order chi connectivity index (χ1) is 7.70. The normalized spacial score (nSPS) is 10.1. The van der Waals surface area contributed by atoms with Crippen molar-refractivity contribution >= 4 is 34.2 Å². The number of aromatic nitrogens is 1. The molecule has 0 aliphatic heterocycles. The summed E-state index contributed by atoms with van der Waals surface area (Å²) in [6, 6.07) is 9.42. The highest BCUT2D eigenvalue weighted by Gasteiger charge is 2.10. The minimum Gasteiger partial charge on any atom is -0.474 e. The Kier molecular flexibility index (Phi) is 2.87. The van der Waals surface area contributed by atoms with Crippen LogP contribution < -0.4 is 5.32 Å². The summed E-state index contributed by atoms with van der Waals surface area (Å²) in [7, 11) is 1.41. The summed E-state index contributed by atoms with van der Waals surface area (Å²) in [6.07, 6.45) is 0. The molecule has 1 aromatic heterocycles. The Morgan fingerprint density at radius 2 is 2.19 bits per heavy atom. The lowest BCUT2D eigenvalue weighted by molar-refractivity contribution is 0.0966. The first kappa shape index (κ1) is 10.6. The number of aromatic amines is 1. The maximum Gasteiger partial charge on any atom is 0.275 e. The van der Waals surface area contributed by atoms with Crippen LogP contribution in [0.15, 0.2) is 30.3 Å². The molecule has 1 amide bonds. The zero-order chi connectivity index (χ0) is 11.5. The SMILES string of the molecule is COC(=S)NC(=O)c1cc2ccccc2[nH]1. The summed E-state index contributed by atoms with van der Waals surface area (Å²) in [4.78, 5) is 14.7. The second kappa shape index (κ2) is 4.32. The third-order valence-corrected chi connectivity index (χ3v) is 2.44. The molecule has 0 saturated heterocycles. The average molecular weight is 234 g/mol. The van der Waals surface area contributed by atoms with E-state index >= 15 is 0 Å². The first-order valence-electron chi connectivity index (χ1n) is 4.68. The minimum atomic E-state index is -0.303. The number of hydrogen-bond acceptors (Lipinski definition) is 3. The van der Waals surface area contributed by atoms with Crippen LogP contribution in [0.25, 0.3) is 10.9 Å². The van der Waals surface area contributed by atoms with Crippen LogP contribution in [-0.4, -0.2) is 23.2 Å². The highest BCUT2D eigenvalue weighted by atomic mass is 32.1. The Balaban J connectivity index is 2.26. The third-order valence-electron chi connectivity index (χ3n) is 2.18. The molecule has 0 atom stereocenters. The molecule has 0 spiro atoms. The highest BCUT2D eigenvalue weighted by molar-refractivity contribution is 7.80. The molecule has 0 fully saturated rings. The van der Waals surface area contributed by atoms with Crippen molar-refractivity contribution in [2.24, 2.45) is 0 Å². The topological polar surface area (TPSA) is 54.1 Å². The van der Waals surface area contributed by atoms with Crippen LogP contribution in [0.4, 0.5) is 0 Å². The molecule has 5 heteroatoms. The Hall–Kier alpha value is -1.88. The van der Waals surface area contributed by atoms with Gasteiger partial charge in [-0.3, -0.25) is 10.1 Å². The summed E-state index contributed by atoms with van der Waals surface area (Å²) in [6.45, 7) is 0. The van der Waals surface area contributed by atoms with Gasteiger partial charge in [-0.1, -0.05) is 18.2 Å². The Bertz CT molecular complexity index is 515. The summed E-state index contributed by atoms with van der Waals surface area (Å²) >= 11 is 4.74. The van der Waals surface area contributed by atoms with Crippen molar-refractivity contribution in [3.05, 3.63) is 36.0 Å². The molecule has 2 aromatic rings. The maximum absolute atomic E-state index is 11.7. The predicted octanol–water partition coefficient (Wildman–Crippen LogP) is 1.83. The van der Waals surface area contributed by atoms with Gasteiger partial charge in [0, 0.05) is 10.9 Å². The van der Waals surface area contributed by atoms with Gasteiger partial charge in [-0.05, 0) is 24.4 Å². The molecular weight excluding hydrogens is 224 g/mol. The van der Waals surface area contributed by atoms with Crippen LogP contribution >= 0.6 is 12.2 Å². The second-order valence-electron chi connectivity index (χ2n) is 3.22. The molecule has 2 N–H and O–H groups in total. The van der Waals surface area contributed by atoms with Gasteiger partial charge in [-0.15, -0.1) is 0 Å². The van der Waals surface area contributed by atoms with Gasteiger partial charge in [-0.2, -0.15) is 0 Å². The zero-order valence-electron chi connectivity index (χ0n) is 8.61. The van der Waals surface area contributed by atoms with Crippen molar-refractivity contribution in [3.8, 4) is 0 Å². The van der Waals surface area contributed by atoms with E-state index in [1.54, 1.807) is 6.07 Å². The molecule has 82 valence electrons. The van der Waals surface area contributed by atoms with E-state index in [0.717, 1.165) is 10.9 Å². The molecule has 1 aromatic carbocycles. The highest BCUT2D eigenvalue weighted by Crippen LogP contribution is 2.14. The number of thiocarbonyl (C=S) groups is 1. The standard InChI is InChI=1S/C11H10N2O2S/c1-15-11(16)13-10(14)9-6-7-4-2-3-5-8(7)12-9/h2-6,12H,1H3,(H,13,14,16). The molecule has 0 bridgehead atoms. The molecule has 0 aliphatic rings. The number of para-hydroxylation sites is 1. The summed E-state index contributed by atoms with van der Waals surface area (Å²) < 4.78 is 4.70. The number of benzene rings is 1.